The molecule has 5 heteroatoms. The van der Waals surface area contributed by atoms with E-state index in [1.54, 1.807) is 0 Å². The van der Waals surface area contributed by atoms with E-state index < -0.39 is 12.2 Å². The Bertz CT molecular complexity index is 432. The summed E-state index contributed by atoms with van der Waals surface area (Å²) in [5, 5.41) is 20.3. The van der Waals surface area contributed by atoms with Crippen LogP contribution in [0.1, 0.15) is 71.1 Å². The smallest absolute Gasteiger partial charge is 0.305 e. The second-order valence-corrected chi connectivity index (χ2v) is 6.96. The summed E-state index contributed by atoms with van der Waals surface area (Å²) in [5.74, 6) is -0.271. The largest absolute Gasteiger partial charge is 0.469 e. The molecule has 0 saturated carbocycles. The number of rotatable bonds is 13. The van der Waals surface area contributed by atoms with Crippen LogP contribution >= 0.6 is 0 Å². The lowest BCUT2D eigenvalue weighted by Gasteiger charge is -2.18. The highest BCUT2D eigenvalue weighted by atomic mass is 16.5. The summed E-state index contributed by atoms with van der Waals surface area (Å²) in [6, 6.07) is 0. The van der Waals surface area contributed by atoms with Crippen molar-refractivity contribution >= 4 is 5.97 Å². The third kappa shape index (κ3) is 9.51. The van der Waals surface area contributed by atoms with E-state index in [1.807, 2.05) is 6.08 Å². The van der Waals surface area contributed by atoms with Gasteiger partial charge in [0.15, 0.2) is 0 Å². The Morgan fingerprint density at radius 2 is 2.00 bits per heavy atom. The second-order valence-electron chi connectivity index (χ2n) is 6.96. The summed E-state index contributed by atoms with van der Waals surface area (Å²) in [5.41, 5.74) is 0. The minimum atomic E-state index is -0.658. The molecule has 2 unspecified atom stereocenters. The van der Waals surface area contributed by atoms with Crippen LogP contribution in [0.25, 0.3) is 0 Å². The molecular formula is C21H36O5. The van der Waals surface area contributed by atoms with Crippen LogP contribution in [0.2, 0.25) is 0 Å². The zero-order valence-electron chi connectivity index (χ0n) is 16.3. The van der Waals surface area contributed by atoms with Gasteiger partial charge in [-0.25, -0.2) is 0 Å². The summed E-state index contributed by atoms with van der Waals surface area (Å²) >= 11 is 0. The number of hydrogen-bond acceptors (Lipinski definition) is 5. The van der Waals surface area contributed by atoms with E-state index >= 15 is 0 Å². The van der Waals surface area contributed by atoms with Gasteiger partial charge in [0.2, 0.25) is 0 Å². The van der Waals surface area contributed by atoms with Crippen molar-refractivity contribution < 1.29 is 24.5 Å². The molecule has 4 atom stereocenters. The van der Waals surface area contributed by atoms with Crippen molar-refractivity contribution in [1.29, 1.82) is 0 Å². The molecule has 1 fully saturated rings. The number of hydrogen-bond donors (Lipinski definition) is 2. The molecule has 0 bridgehead atoms. The fourth-order valence-corrected chi connectivity index (χ4v) is 3.10. The molecule has 0 amide bonds. The Morgan fingerprint density at radius 3 is 2.73 bits per heavy atom. The fourth-order valence-electron chi connectivity index (χ4n) is 3.10. The Kier molecular flexibility index (Phi) is 12.3. The predicted molar refractivity (Wildman–Crippen MR) is 103 cm³/mol. The van der Waals surface area contributed by atoms with Gasteiger partial charge in [-0.1, -0.05) is 44.1 Å². The quantitative estimate of drug-likeness (QED) is 0.295. The fraction of sp³-hybridized carbons (Fsp3) is 0.762. The highest BCUT2D eigenvalue weighted by molar-refractivity contribution is 5.68. The number of ether oxygens (including phenoxy) is 2. The summed E-state index contributed by atoms with van der Waals surface area (Å²) in [4.78, 5) is 11.1. The van der Waals surface area contributed by atoms with E-state index in [4.69, 9.17) is 4.74 Å². The first-order valence-electron chi connectivity index (χ1n) is 9.96. The first kappa shape index (κ1) is 22.9. The van der Waals surface area contributed by atoms with Gasteiger partial charge in [-0.3, -0.25) is 4.79 Å². The number of aliphatic hydroxyl groups is 2. The normalized spacial score (nSPS) is 24.5. The van der Waals surface area contributed by atoms with Gasteiger partial charge in [0.05, 0.1) is 31.5 Å². The van der Waals surface area contributed by atoms with E-state index in [1.165, 1.54) is 26.4 Å². The Balaban J connectivity index is 2.20. The molecule has 1 aliphatic rings. The second kappa shape index (κ2) is 14.0. The monoisotopic (exact) mass is 368 g/mol. The van der Waals surface area contributed by atoms with Gasteiger partial charge in [-0.05, 0) is 38.5 Å². The van der Waals surface area contributed by atoms with Gasteiger partial charge >= 0.3 is 5.97 Å². The van der Waals surface area contributed by atoms with Crippen molar-refractivity contribution in [2.24, 2.45) is 0 Å². The zero-order valence-corrected chi connectivity index (χ0v) is 16.3. The lowest BCUT2D eigenvalue weighted by Crippen LogP contribution is -2.26. The van der Waals surface area contributed by atoms with E-state index in [-0.39, 0.29) is 18.2 Å². The van der Waals surface area contributed by atoms with Crippen LogP contribution in [0, 0.1) is 0 Å². The molecule has 2 N–H and O–H groups in total. The number of allylic oxidation sites excluding steroid dienone is 3. The van der Waals surface area contributed by atoms with E-state index in [2.05, 4.69) is 29.9 Å². The molecular weight excluding hydrogens is 332 g/mol. The van der Waals surface area contributed by atoms with Gasteiger partial charge in [-0.2, -0.15) is 0 Å². The maximum Gasteiger partial charge on any atom is 0.305 e. The number of carbonyl (C=O) groups excluding carboxylic acids is 1. The number of esters is 1. The van der Waals surface area contributed by atoms with Crippen LogP contribution in [0.5, 0.6) is 0 Å². The minimum Gasteiger partial charge on any atom is -0.469 e. The number of methoxy groups -OCH3 is 1. The molecule has 0 spiro atoms. The summed E-state index contributed by atoms with van der Waals surface area (Å²) in [6.07, 6.45) is 14.9. The average molecular weight is 369 g/mol. The van der Waals surface area contributed by atoms with Crippen LogP contribution in [-0.2, 0) is 14.3 Å². The van der Waals surface area contributed by atoms with Crippen molar-refractivity contribution in [3.63, 3.8) is 0 Å². The molecule has 1 rings (SSSR count). The standard InChI is InChI=1S/C21H36O5/c1-3-4-5-6-7-8-9-10-11-14-19-18(23)16-20(26-19)17(22)13-12-15-21(24)25-2/h7-8,10-11,17-20,22-23H,3-6,9,12-16H2,1-2H3/b8-7-,11-10-/t17?,18-,19?,20+/m0/s1. The van der Waals surface area contributed by atoms with E-state index in [9.17, 15) is 15.0 Å². The maximum absolute atomic E-state index is 11.1. The first-order chi connectivity index (χ1) is 12.6. The third-order valence-corrected chi connectivity index (χ3v) is 4.74. The molecule has 0 aromatic carbocycles. The van der Waals surface area contributed by atoms with Gasteiger partial charge in [0.1, 0.15) is 0 Å². The first-order valence-corrected chi connectivity index (χ1v) is 9.96. The predicted octanol–water partition coefficient (Wildman–Crippen LogP) is 3.68. The molecule has 5 nitrogen and oxygen atoms in total. The molecule has 1 heterocycles. The Hall–Kier alpha value is -1.17. The van der Waals surface area contributed by atoms with Gasteiger partial charge in [-0.15, -0.1) is 0 Å². The van der Waals surface area contributed by atoms with Crippen molar-refractivity contribution in [3.05, 3.63) is 24.3 Å². The summed E-state index contributed by atoms with van der Waals surface area (Å²) < 4.78 is 10.4. The van der Waals surface area contributed by atoms with Crippen molar-refractivity contribution in [2.75, 3.05) is 7.11 Å². The molecule has 1 aliphatic heterocycles. The lowest BCUT2D eigenvalue weighted by atomic mass is 10.0. The lowest BCUT2D eigenvalue weighted by molar-refractivity contribution is -0.140. The Labute approximate surface area is 158 Å². The molecule has 0 aromatic rings. The number of carbonyl (C=O) groups is 1. The van der Waals surface area contributed by atoms with Crippen LogP contribution in [0.15, 0.2) is 24.3 Å². The SMILES string of the molecule is CCCCC/C=C\C/C=C\CC1O[C@@H](C(O)CCCC(=O)OC)C[C@@H]1O. The molecule has 26 heavy (non-hydrogen) atoms. The van der Waals surface area contributed by atoms with Crippen LogP contribution in [0.4, 0.5) is 0 Å². The summed E-state index contributed by atoms with van der Waals surface area (Å²) in [6.45, 7) is 2.21. The molecule has 0 radical (unpaired) electrons. The highest BCUT2D eigenvalue weighted by Gasteiger charge is 2.36. The maximum atomic E-state index is 11.1. The third-order valence-electron chi connectivity index (χ3n) is 4.74. The van der Waals surface area contributed by atoms with Crippen LogP contribution in [0.3, 0.4) is 0 Å². The molecule has 1 saturated heterocycles. The van der Waals surface area contributed by atoms with Crippen molar-refractivity contribution in [1.82, 2.24) is 0 Å². The number of aliphatic hydroxyl groups excluding tert-OH is 2. The molecule has 0 aliphatic carbocycles. The van der Waals surface area contributed by atoms with Crippen molar-refractivity contribution in [3.8, 4) is 0 Å². The van der Waals surface area contributed by atoms with Crippen LogP contribution in [-0.4, -0.2) is 47.7 Å². The highest BCUT2D eigenvalue weighted by Crippen LogP contribution is 2.27. The van der Waals surface area contributed by atoms with E-state index in [0.29, 0.717) is 32.1 Å². The van der Waals surface area contributed by atoms with Gasteiger partial charge < -0.3 is 19.7 Å². The molecule has 0 aromatic heterocycles. The van der Waals surface area contributed by atoms with E-state index in [0.717, 1.165) is 12.8 Å². The topological polar surface area (TPSA) is 76.0 Å². The number of unbranched alkanes of at least 4 members (excludes halogenated alkanes) is 3. The minimum absolute atomic E-state index is 0.264. The average Bonchev–Trinajstić information content (AvgIpc) is 3.01. The Morgan fingerprint density at radius 1 is 1.23 bits per heavy atom. The summed E-state index contributed by atoms with van der Waals surface area (Å²) in [7, 11) is 1.36. The zero-order chi connectivity index (χ0) is 19.2. The van der Waals surface area contributed by atoms with Crippen molar-refractivity contribution in [2.45, 2.75) is 95.5 Å². The van der Waals surface area contributed by atoms with Gasteiger partial charge in [0, 0.05) is 12.8 Å². The van der Waals surface area contributed by atoms with Gasteiger partial charge in [0.25, 0.3) is 0 Å². The molecule has 150 valence electrons. The van der Waals surface area contributed by atoms with Crippen LogP contribution < -0.4 is 0 Å².